The van der Waals surface area contributed by atoms with Crippen molar-refractivity contribution in [3.05, 3.63) is 0 Å². The molecule has 1 N–H and O–H groups in total. The number of hydrogen-bond acceptors (Lipinski definition) is 3. The summed E-state index contributed by atoms with van der Waals surface area (Å²) in [5.41, 5.74) is 0. The predicted molar refractivity (Wildman–Crippen MR) is 79.0 cm³/mol. The van der Waals surface area contributed by atoms with E-state index in [1.54, 1.807) is 0 Å². The minimum absolute atomic E-state index is 0. The van der Waals surface area contributed by atoms with Crippen LogP contribution in [0.1, 0.15) is 32.1 Å². The number of carbonyl (C=O) groups excluding carboxylic acids is 1. The van der Waals surface area contributed by atoms with Crippen LogP contribution in [-0.4, -0.2) is 56.1 Å². The van der Waals surface area contributed by atoms with Crippen molar-refractivity contribution >= 4 is 18.3 Å². The molecule has 0 aromatic heterocycles. The van der Waals surface area contributed by atoms with Crippen LogP contribution in [0.15, 0.2) is 0 Å². The smallest absolute Gasteiger partial charge is 0.261 e. The van der Waals surface area contributed by atoms with Gasteiger partial charge in [-0.3, -0.25) is 4.79 Å². The third-order valence-electron chi connectivity index (χ3n) is 4.26. The summed E-state index contributed by atoms with van der Waals surface area (Å²) in [7, 11) is 0. The maximum absolute atomic E-state index is 11.9. The molecular weight excluding hydrogens is 302 g/mol. The Morgan fingerprint density at radius 2 is 2.00 bits per heavy atom. The van der Waals surface area contributed by atoms with Gasteiger partial charge in [0.15, 0.2) is 0 Å². The highest BCUT2D eigenvalue weighted by Crippen LogP contribution is 2.25. The van der Waals surface area contributed by atoms with Gasteiger partial charge < -0.3 is 15.0 Å². The highest BCUT2D eigenvalue weighted by molar-refractivity contribution is 5.85. The molecule has 1 unspecified atom stereocenters. The van der Waals surface area contributed by atoms with E-state index in [1.165, 1.54) is 12.8 Å². The Hall–Kier alpha value is -0.460. The summed E-state index contributed by atoms with van der Waals surface area (Å²) < 4.78 is 28.5. The molecule has 7 heteroatoms. The topological polar surface area (TPSA) is 41.6 Å². The Kier molecular flexibility index (Phi) is 8.44. The maximum atomic E-state index is 11.9. The van der Waals surface area contributed by atoms with Gasteiger partial charge in [0, 0.05) is 19.1 Å². The van der Waals surface area contributed by atoms with Crippen LogP contribution in [0.25, 0.3) is 0 Å². The van der Waals surface area contributed by atoms with Crippen LogP contribution in [-0.2, 0) is 9.53 Å². The van der Waals surface area contributed by atoms with Crippen molar-refractivity contribution < 1.29 is 18.3 Å². The first-order valence-corrected chi connectivity index (χ1v) is 7.54. The number of alkyl halides is 2. The molecule has 0 bridgehead atoms. The van der Waals surface area contributed by atoms with E-state index in [0.29, 0.717) is 12.0 Å². The third-order valence-corrected chi connectivity index (χ3v) is 4.26. The monoisotopic (exact) mass is 326 g/mol. The number of nitrogens with one attached hydrogen (secondary N) is 1. The molecule has 1 amide bonds. The molecule has 0 aromatic carbocycles. The number of ether oxygens (including phenoxy) is 1. The number of carbonyl (C=O) groups is 1. The van der Waals surface area contributed by atoms with Gasteiger partial charge in [-0.2, -0.15) is 0 Å². The molecule has 0 aliphatic carbocycles. The van der Waals surface area contributed by atoms with E-state index in [0.717, 1.165) is 32.5 Å². The normalized spacial score (nSPS) is 23.4. The summed E-state index contributed by atoms with van der Waals surface area (Å²) >= 11 is 0. The Morgan fingerprint density at radius 1 is 1.29 bits per heavy atom. The summed E-state index contributed by atoms with van der Waals surface area (Å²) in [5.74, 6) is 0.703. The summed E-state index contributed by atoms with van der Waals surface area (Å²) in [6, 6.07) is 0.627. The average Bonchev–Trinajstić information content (AvgIpc) is 2.97. The van der Waals surface area contributed by atoms with Gasteiger partial charge in [0.1, 0.15) is 6.61 Å². The molecule has 124 valence electrons. The van der Waals surface area contributed by atoms with E-state index in [9.17, 15) is 13.6 Å². The van der Waals surface area contributed by atoms with Crippen molar-refractivity contribution in [1.82, 2.24) is 10.2 Å². The first-order valence-electron chi connectivity index (χ1n) is 7.54. The molecule has 2 heterocycles. The molecule has 2 fully saturated rings. The minimum Gasteiger partial charge on any atom is -0.375 e. The van der Waals surface area contributed by atoms with Crippen LogP contribution in [0, 0.1) is 5.92 Å². The zero-order chi connectivity index (χ0) is 14.4. The van der Waals surface area contributed by atoms with E-state index in [1.807, 2.05) is 4.90 Å². The molecule has 0 radical (unpaired) electrons. The maximum Gasteiger partial charge on any atom is 0.261 e. The van der Waals surface area contributed by atoms with Gasteiger partial charge in [-0.1, -0.05) is 0 Å². The van der Waals surface area contributed by atoms with E-state index < -0.39 is 13.0 Å². The van der Waals surface area contributed by atoms with Crippen molar-refractivity contribution in [3.63, 3.8) is 0 Å². The standard InChI is InChI=1S/C14H24F2N2O2.ClH/c15-13(16)10-20-9-5-14(19)18-7-3-11(4-8-18)12-2-1-6-17-12;/h11-13,17H,1-10H2;1H. The average molecular weight is 327 g/mol. The van der Waals surface area contributed by atoms with Crippen LogP contribution in [0.2, 0.25) is 0 Å². The minimum atomic E-state index is -2.46. The number of likely N-dealkylation sites (tertiary alicyclic amines) is 1. The first-order chi connectivity index (χ1) is 9.66. The highest BCUT2D eigenvalue weighted by atomic mass is 35.5. The summed E-state index contributed by atoms with van der Waals surface area (Å²) in [4.78, 5) is 13.8. The molecule has 0 spiro atoms. The Balaban J connectivity index is 0.00000220. The molecule has 2 rings (SSSR count). The second-order valence-electron chi connectivity index (χ2n) is 5.64. The number of nitrogens with zero attached hydrogens (tertiary/aromatic N) is 1. The molecule has 21 heavy (non-hydrogen) atoms. The fourth-order valence-electron chi connectivity index (χ4n) is 3.16. The van der Waals surface area contributed by atoms with E-state index in [4.69, 9.17) is 4.74 Å². The van der Waals surface area contributed by atoms with Gasteiger partial charge in [-0.15, -0.1) is 12.4 Å². The summed E-state index contributed by atoms with van der Waals surface area (Å²) in [6.45, 7) is 2.20. The summed E-state index contributed by atoms with van der Waals surface area (Å²) in [5, 5.41) is 3.53. The van der Waals surface area contributed by atoms with Crippen LogP contribution >= 0.6 is 12.4 Å². The van der Waals surface area contributed by atoms with Gasteiger partial charge in [0.05, 0.1) is 13.0 Å². The largest absolute Gasteiger partial charge is 0.375 e. The lowest BCUT2D eigenvalue weighted by Crippen LogP contribution is -2.43. The molecule has 0 saturated carbocycles. The Bertz CT molecular complexity index is 307. The molecular formula is C14H25ClF2N2O2. The van der Waals surface area contributed by atoms with Gasteiger partial charge in [0.25, 0.3) is 6.43 Å². The zero-order valence-corrected chi connectivity index (χ0v) is 13.0. The van der Waals surface area contributed by atoms with Gasteiger partial charge in [0.2, 0.25) is 5.91 Å². The van der Waals surface area contributed by atoms with E-state index in [-0.39, 0.29) is 31.3 Å². The predicted octanol–water partition coefficient (Wildman–Crippen LogP) is 2.07. The Labute approximate surface area is 131 Å². The molecule has 2 aliphatic rings. The van der Waals surface area contributed by atoms with E-state index in [2.05, 4.69) is 5.32 Å². The highest BCUT2D eigenvalue weighted by Gasteiger charge is 2.29. The number of halogens is 3. The lowest BCUT2D eigenvalue weighted by molar-refractivity contribution is -0.134. The first kappa shape index (κ1) is 18.6. The van der Waals surface area contributed by atoms with Gasteiger partial charge >= 0.3 is 0 Å². The zero-order valence-electron chi connectivity index (χ0n) is 12.2. The number of rotatable bonds is 6. The fourth-order valence-corrected chi connectivity index (χ4v) is 3.16. The number of amides is 1. The quantitative estimate of drug-likeness (QED) is 0.760. The molecule has 4 nitrogen and oxygen atoms in total. The second kappa shape index (κ2) is 9.54. The molecule has 0 aromatic rings. The van der Waals surface area contributed by atoms with Crippen molar-refractivity contribution in [2.24, 2.45) is 5.92 Å². The Morgan fingerprint density at radius 3 is 2.57 bits per heavy atom. The lowest BCUT2D eigenvalue weighted by atomic mass is 9.88. The van der Waals surface area contributed by atoms with Crippen molar-refractivity contribution in [1.29, 1.82) is 0 Å². The fraction of sp³-hybridized carbons (Fsp3) is 0.929. The van der Waals surface area contributed by atoms with Crippen LogP contribution in [0.5, 0.6) is 0 Å². The van der Waals surface area contributed by atoms with Crippen molar-refractivity contribution in [2.45, 2.75) is 44.6 Å². The third kappa shape index (κ3) is 6.04. The van der Waals surface area contributed by atoms with Crippen molar-refractivity contribution in [2.75, 3.05) is 32.8 Å². The second-order valence-corrected chi connectivity index (χ2v) is 5.64. The number of piperidine rings is 1. The number of hydrogen-bond donors (Lipinski definition) is 1. The SMILES string of the molecule is Cl.O=C(CCOCC(F)F)N1CCC(C2CCCN2)CC1. The van der Waals surface area contributed by atoms with Crippen molar-refractivity contribution in [3.8, 4) is 0 Å². The lowest BCUT2D eigenvalue weighted by Gasteiger charge is -2.35. The molecule has 1 atom stereocenters. The van der Waals surface area contributed by atoms with Gasteiger partial charge in [-0.05, 0) is 38.1 Å². The van der Waals surface area contributed by atoms with Crippen LogP contribution in [0.4, 0.5) is 8.78 Å². The van der Waals surface area contributed by atoms with E-state index >= 15 is 0 Å². The molecule has 2 saturated heterocycles. The van der Waals surface area contributed by atoms with Crippen LogP contribution < -0.4 is 5.32 Å². The summed E-state index contributed by atoms with van der Waals surface area (Å²) in [6.07, 6.45) is 2.34. The van der Waals surface area contributed by atoms with Crippen LogP contribution in [0.3, 0.4) is 0 Å². The van der Waals surface area contributed by atoms with Gasteiger partial charge in [-0.25, -0.2) is 8.78 Å². The molecule has 2 aliphatic heterocycles.